The molecule has 0 aliphatic heterocycles. The summed E-state index contributed by atoms with van der Waals surface area (Å²) in [6, 6.07) is -5.87. The zero-order chi connectivity index (χ0) is 25.2. The lowest BCUT2D eigenvalue weighted by Crippen LogP contribution is -2.58. The topological polar surface area (TPSA) is 251 Å². The Bertz CT molecular complexity index is 726. The molecular formula is C18H31N5O9. The van der Waals surface area contributed by atoms with Crippen molar-refractivity contribution in [1.29, 1.82) is 0 Å². The van der Waals surface area contributed by atoms with Crippen molar-refractivity contribution in [3.63, 3.8) is 0 Å². The molecule has 10 N–H and O–H groups in total. The van der Waals surface area contributed by atoms with Gasteiger partial charge in [0.25, 0.3) is 0 Å². The molecule has 0 aromatic carbocycles. The Kier molecular flexibility index (Phi) is 11.9. The Hall–Kier alpha value is -3.26. The summed E-state index contributed by atoms with van der Waals surface area (Å²) in [6.45, 7) is 4.28. The zero-order valence-corrected chi connectivity index (χ0v) is 18.0. The van der Waals surface area contributed by atoms with Crippen molar-refractivity contribution in [2.75, 3.05) is 0 Å². The van der Waals surface area contributed by atoms with E-state index in [0.717, 1.165) is 0 Å². The first-order valence-electron chi connectivity index (χ1n) is 9.75. The van der Waals surface area contributed by atoms with Crippen LogP contribution < -0.4 is 27.4 Å². The summed E-state index contributed by atoms with van der Waals surface area (Å²) in [6.07, 6.45) is -2.78. The van der Waals surface area contributed by atoms with Crippen molar-refractivity contribution >= 4 is 35.6 Å². The lowest BCUT2D eigenvalue weighted by molar-refractivity contribution is -0.144. The highest BCUT2D eigenvalue weighted by Crippen LogP contribution is 2.05. The van der Waals surface area contributed by atoms with Crippen molar-refractivity contribution in [3.05, 3.63) is 0 Å². The minimum Gasteiger partial charge on any atom is -0.481 e. The number of hydrogen-bond donors (Lipinski definition) is 8. The van der Waals surface area contributed by atoms with E-state index in [-0.39, 0.29) is 12.8 Å². The smallest absolute Gasteiger partial charge is 0.326 e. The van der Waals surface area contributed by atoms with Crippen molar-refractivity contribution in [2.45, 2.75) is 70.3 Å². The van der Waals surface area contributed by atoms with Crippen LogP contribution in [0.1, 0.15) is 40.0 Å². The van der Waals surface area contributed by atoms with E-state index in [0.29, 0.717) is 0 Å². The van der Waals surface area contributed by atoms with Gasteiger partial charge in [0.05, 0.1) is 12.5 Å². The van der Waals surface area contributed by atoms with Crippen LogP contribution in [-0.4, -0.2) is 81.2 Å². The summed E-state index contributed by atoms with van der Waals surface area (Å²) < 4.78 is 0. The molecule has 0 rings (SSSR count). The number of aliphatic hydroxyl groups excluding tert-OH is 1. The number of nitrogens with one attached hydrogen (secondary N) is 3. The monoisotopic (exact) mass is 461 g/mol. The zero-order valence-electron chi connectivity index (χ0n) is 18.0. The molecule has 0 saturated heterocycles. The maximum absolute atomic E-state index is 12.7. The molecular weight excluding hydrogens is 430 g/mol. The van der Waals surface area contributed by atoms with Gasteiger partial charge in [-0.15, -0.1) is 0 Å². The maximum Gasteiger partial charge on any atom is 0.326 e. The van der Waals surface area contributed by atoms with Gasteiger partial charge in [-0.05, 0) is 19.3 Å². The molecule has 182 valence electrons. The first-order chi connectivity index (χ1) is 14.7. The largest absolute Gasteiger partial charge is 0.481 e. The van der Waals surface area contributed by atoms with Gasteiger partial charge in [-0.3, -0.25) is 24.0 Å². The van der Waals surface area contributed by atoms with Gasteiger partial charge < -0.3 is 42.7 Å². The van der Waals surface area contributed by atoms with Crippen LogP contribution in [0.15, 0.2) is 0 Å². The highest BCUT2D eigenvalue weighted by atomic mass is 16.4. The minimum absolute atomic E-state index is 0.301. The molecule has 0 heterocycles. The van der Waals surface area contributed by atoms with Gasteiger partial charge in [0, 0.05) is 6.42 Å². The van der Waals surface area contributed by atoms with Crippen LogP contribution in [0.25, 0.3) is 0 Å². The molecule has 4 amide bonds. The molecule has 0 aliphatic carbocycles. The number of carboxylic acids is 2. The highest BCUT2D eigenvalue weighted by Gasteiger charge is 2.33. The number of carbonyl (C=O) groups excluding carboxylic acids is 4. The van der Waals surface area contributed by atoms with Crippen LogP contribution in [0.4, 0.5) is 0 Å². The fourth-order valence-electron chi connectivity index (χ4n) is 2.47. The third-order valence-electron chi connectivity index (χ3n) is 4.38. The molecule has 0 aliphatic rings. The molecule has 5 unspecified atom stereocenters. The highest BCUT2D eigenvalue weighted by molar-refractivity contribution is 5.95. The molecule has 0 saturated carbocycles. The van der Waals surface area contributed by atoms with Gasteiger partial charge in [0.2, 0.25) is 23.6 Å². The molecule has 5 atom stereocenters. The van der Waals surface area contributed by atoms with E-state index >= 15 is 0 Å². The molecule has 0 aromatic rings. The molecule has 0 bridgehead atoms. The van der Waals surface area contributed by atoms with Gasteiger partial charge in [-0.2, -0.15) is 0 Å². The second-order valence-corrected chi connectivity index (χ2v) is 7.56. The fraction of sp³-hybridized carbons (Fsp3) is 0.667. The summed E-state index contributed by atoms with van der Waals surface area (Å²) in [5.74, 6) is -7.18. The molecule has 0 aromatic heterocycles. The Balaban J connectivity index is 5.59. The SMILES string of the molecule is CC(C)C(NC(=O)C(CC(=O)O)NC(=O)C(CCC(N)=O)NC(=O)C(N)C(C)O)C(=O)O. The second-order valence-electron chi connectivity index (χ2n) is 7.56. The number of carbonyl (C=O) groups is 6. The van der Waals surface area contributed by atoms with Crippen LogP contribution in [0.3, 0.4) is 0 Å². The molecule has 0 spiro atoms. The minimum atomic E-state index is -1.68. The number of nitrogens with two attached hydrogens (primary N) is 2. The van der Waals surface area contributed by atoms with E-state index in [1.807, 2.05) is 0 Å². The van der Waals surface area contributed by atoms with E-state index in [9.17, 15) is 39.0 Å². The van der Waals surface area contributed by atoms with E-state index < -0.39 is 78.2 Å². The van der Waals surface area contributed by atoms with Crippen LogP contribution in [-0.2, 0) is 28.8 Å². The van der Waals surface area contributed by atoms with Crippen LogP contribution in [0, 0.1) is 5.92 Å². The number of primary amides is 1. The van der Waals surface area contributed by atoms with Crippen molar-refractivity contribution < 1.29 is 44.1 Å². The van der Waals surface area contributed by atoms with Gasteiger partial charge >= 0.3 is 11.9 Å². The van der Waals surface area contributed by atoms with Crippen molar-refractivity contribution in [1.82, 2.24) is 16.0 Å². The van der Waals surface area contributed by atoms with Crippen LogP contribution in [0.5, 0.6) is 0 Å². The number of aliphatic hydroxyl groups is 1. The molecule has 0 radical (unpaired) electrons. The summed E-state index contributed by atoms with van der Waals surface area (Å²) in [5.41, 5.74) is 10.6. The number of carboxylic acid groups (broad SMARTS) is 2. The molecule has 14 heteroatoms. The molecule has 14 nitrogen and oxygen atoms in total. The van der Waals surface area contributed by atoms with Gasteiger partial charge in [0.15, 0.2) is 0 Å². The predicted molar refractivity (Wildman–Crippen MR) is 109 cm³/mol. The number of rotatable bonds is 14. The third kappa shape index (κ3) is 10.2. The summed E-state index contributed by atoms with van der Waals surface area (Å²) in [4.78, 5) is 70.8. The number of aliphatic carboxylic acids is 2. The van der Waals surface area contributed by atoms with Crippen LogP contribution >= 0.6 is 0 Å². The summed E-state index contributed by atoms with van der Waals surface area (Å²) in [7, 11) is 0. The van der Waals surface area contributed by atoms with Gasteiger partial charge in [-0.25, -0.2) is 4.79 Å². The average molecular weight is 461 g/mol. The van der Waals surface area contributed by atoms with Gasteiger partial charge in [0.1, 0.15) is 24.2 Å². The third-order valence-corrected chi connectivity index (χ3v) is 4.38. The van der Waals surface area contributed by atoms with Crippen LogP contribution in [0.2, 0.25) is 0 Å². The first kappa shape index (κ1) is 28.7. The van der Waals surface area contributed by atoms with E-state index in [4.69, 9.17) is 16.6 Å². The maximum atomic E-state index is 12.7. The van der Waals surface area contributed by atoms with Crippen molar-refractivity contribution in [2.24, 2.45) is 17.4 Å². The average Bonchev–Trinajstić information content (AvgIpc) is 2.66. The normalized spacial score (nSPS) is 15.6. The number of amides is 4. The van der Waals surface area contributed by atoms with E-state index in [1.165, 1.54) is 20.8 Å². The second kappa shape index (κ2) is 13.2. The molecule has 0 fully saturated rings. The lowest BCUT2D eigenvalue weighted by Gasteiger charge is -2.25. The van der Waals surface area contributed by atoms with Gasteiger partial charge in [-0.1, -0.05) is 13.8 Å². The van der Waals surface area contributed by atoms with E-state index in [2.05, 4.69) is 16.0 Å². The summed E-state index contributed by atoms with van der Waals surface area (Å²) >= 11 is 0. The standard InChI is InChI=1S/C18H31N5O9/c1-7(2)14(18(31)32)23-16(29)10(6-12(26)27)22-15(28)9(4-5-11(19)25)21-17(30)13(20)8(3)24/h7-10,13-14,24H,4-6,20H2,1-3H3,(H2,19,25)(H,21,30)(H,22,28)(H,23,29)(H,26,27)(H,31,32). The Labute approximate surface area is 184 Å². The quantitative estimate of drug-likeness (QED) is 0.127. The Morgan fingerprint density at radius 3 is 1.75 bits per heavy atom. The molecule has 32 heavy (non-hydrogen) atoms. The Morgan fingerprint density at radius 1 is 0.844 bits per heavy atom. The van der Waals surface area contributed by atoms with Crippen molar-refractivity contribution in [3.8, 4) is 0 Å². The lowest BCUT2D eigenvalue weighted by atomic mass is 10.0. The first-order valence-corrected chi connectivity index (χ1v) is 9.75. The summed E-state index contributed by atoms with van der Waals surface area (Å²) in [5, 5.41) is 34.2. The van der Waals surface area contributed by atoms with E-state index in [1.54, 1.807) is 0 Å². The Morgan fingerprint density at radius 2 is 1.34 bits per heavy atom. The number of hydrogen-bond acceptors (Lipinski definition) is 8. The predicted octanol–water partition coefficient (Wildman–Crippen LogP) is -3.37. The fourth-order valence-corrected chi connectivity index (χ4v) is 2.47.